The lowest BCUT2D eigenvalue weighted by Gasteiger charge is -2.19. The molecular formula is C27H44O2. The topological polar surface area (TPSA) is 26.3 Å². The Balaban J connectivity index is 1.82. The summed E-state index contributed by atoms with van der Waals surface area (Å²) in [5, 5.41) is 0. The summed E-state index contributed by atoms with van der Waals surface area (Å²) in [4.78, 5) is 10.6. The van der Waals surface area contributed by atoms with Gasteiger partial charge in [-0.05, 0) is 112 Å². The van der Waals surface area contributed by atoms with E-state index in [0.29, 0.717) is 11.9 Å². The highest BCUT2D eigenvalue weighted by Crippen LogP contribution is 2.43. The molecule has 2 nitrogen and oxygen atoms in total. The summed E-state index contributed by atoms with van der Waals surface area (Å²) in [6, 6.07) is 2.41. The van der Waals surface area contributed by atoms with Gasteiger partial charge in [0.1, 0.15) is 5.60 Å². The number of carbonyl (C=O) groups is 1. The van der Waals surface area contributed by atoms with E-state index in [9.17, 15) is 4.79 Å². The molecule has 1 saturated carbocycles. The van der Waals surface area contributed by atoms with Crippen LogP contribution in [0.5, 0.6) is 0 Å². The number of hydrogen-bond acceptors (Lipinski definition) is 2. The van der Waals surface area contributed by atoms with Crippen LogP contribution in [0, 0.1) is 26.2 Å². The maximum absolute atomic E-state index is 10.6. The molecule has 0 saturated heterocycles. The van der Waals surface area contributed by atoms with Crippen LogP contribution in [-0.4, -0.2) is 12.1 Å². The van der Waals surface area contributed by atoms with Crippen LogP contribution < -0.4 is 0 Å². The molecule has 0 heterocycles. The average Bonchev–Trinajstić information content (AvgIpc) is 3.40. The summed E-state index contributed by atoms with van der Waals surface area (Å²) < 4.78 is 5.28. The number of rotatable bonds is 13. The number of unbranched alkanes of at least 4 members (excludes halogenated alkanes) is 4. The van der Waals surface area contributed by atoms with Crippen LogP contribution in [0.2, 0.25) is 0 Å². The van der Waals surface area contributed by atoms with Crippen molar-refractivity contribution in [2.24, 2.45) is 5.41 Å². The highest BCUT2D eigenvalue weighted by Gasteiger charge is 2.44. The zero-order valence-electron chi connectivity index (χ0n) is 20.0. The van der Waals surface area contributed by atoms with Crippen LogP contribution >= 0.6 is 0 Å². The lowest BCUT2D eigenvalue weighted by atomic mass is 9.87. The maximum atomic E-state index is 10.6. The van der Waals surface area contributed by atoms with Crippen molar-refractivity contribution in [3.05, 3.63) is 33.9 Å². The third-order valence-corrected chi connectivity index (χ3v) is 6.91. The van der Waals surface area contributed by atoms with Gasteiger partial charge in [-0.3, -0.25) is 4.79 Å². The van der Waals surface area contributed by atoms with Crippen molar-refractivity contribution >= 4 is 6.47 Å². The zero-order valence-corrected chi connectivity index (χ0v) is 20.0. The van der Waals surface area contributed by atoms with Gasteiger partial charge in [-0.25, -0.2) is 0 Å². The Morgan fingerprint density at radius 3 is 2.21 bits per heavy atom. The lowest BCUT2D eigenvalue weighted by Crippen LogP contribution is -2.12. The first-order valence-electron chi connectivity index (χ1n) is 11.9. The lowest BCUT2D eigenvalue weighted by molar-refractivity contribution is -0.135. The Kier molecular flexibility index (Phi) is 8.79. The summed E-state index contributed by atoms with van der Waals surface area (Å²) in [7, 11) is 0. The Bertz CT molecular complexity index is 662. The average molecular weight is 401 g/mol. The molecule has 1 aromatic carbocycles. The van der Waals surface area contributed by atoms with E-state index in [1.165, 1.54) is 67.2 Å². The first kappa shape index (κ1) is 24.0. The first-order valence-corrected chi connectivity index (χ1v) is 11.9. The smallest absolute Gasteiger partial charge is 0.293 e. The van der Waals surface area contributed by atoms with Gasteiger partial charge in [-0.1, -0.05) is 46.1 Å². The van der Waals surface area contributed by atoms with Crippen molar-refractivity contribution < 1.29 is 9.53 Å². The van der Waals surface area contributed by atoms with Crippen LogP contribution in [0.25, 0.3) is 0 Å². The number of ether oxygens (including phenoxy) is 1. The minimum absolute atomic E-state index is 0.0991. The van der Waals surface area contributed by atoms with Gasteiger partial charge in [0, 0.05) is 0 Å². The molecule has 0 atom stereocenters. The highest BCUT2D eigenvalue weighted by molar-refractivity contribution is 5.44. The van der Waals surface area contributed by atoms with E-state index < -0.39 is 0 Å². The Morgan fingerprint density at radius 1 is 0.931 bits per heavy atom. The van der Waals surface area contributed by atoms with Gasteiger partial charge < -0.3 is 4.74 Å². The molecule has 1 aliphatic rings. The van der Waals surface area contributed by atoms with Crippen molar-refractivity contribution in [1.29, 1.82) is 0 Å². The van der Waals surface area contributed by atoms with Crippen LogP contribution in [0.15, 0.2) is 6.07 Å². The Morgan fingerprint density at radius 2 is 1.59 bits per heavy atom. The molecule has 0 N–H and O–H groups in total. The monoisotopic (exact) mass is 400 g/mol. The summed E-state index contributed by atoms with van der Waals surface area (Å²) in [6.07, 6.45) is 14.5. The molecule has 164 valence electrons. The van der Waals surface area contributed by atoms with Crippen molar-refractivity contribution in [3.8, 4) is 0 Å². The molecule has 1 aromatic rings. The second kappa shape index (κ2) is 10.6. The maximum Gasteiger partial charge on any atom is 0.293 e. The normalized spacial score (nSPS) is 15.4. The fourth-order valence-corrected chi connectivity index (χ4v) is 4.57. The minimum Gasteiger partial charge on any atom is -0.461 e. The van der Waals surface area contributed by atoms with Crippen LogP contribution in [0.3, 0.4) is 0 Å². The predicted molar refractivity (Wildman–Crippen MR) is 124 cm³/mol. The van der Waals surface area contributed by atoms with Crippen LogP contribution in [0.1, 0.15) is 113 Å². The molecule has 0 amide bonds. The third kappa shape index (κ3) is 7.79. The molecule has 0 bridgehead atoms. The van der Waals surface area contributed by atoms with Gasteiger partial charge in [-0.2, -0.15) is 0 Å². The van der Waals surface area contributed by atoms with E-state index in [2.05, 4.69) is 47.6 Å². The van der Waals surface area contributed by atoms with Crippen LogP contribution in [0.4, 0.5) is 0 Å². The molecule has 1 fully saturated rings. The van der Waals surface area contributed by atoms with Gasteiger partial charge in [0.2, 0.25) is 0 Å². The van der Waals surface area contributed by atoms with E-state index in [1.807, 2.05) is 0 Å². The standard InChI is InChI=1S/C27H44O2/c1-21-19-24(13-10-12-16-27(17-18-27)29-20-28)23(3)25(22(21)2)14-9-7-8-11-15-26(4,5)6/h19-20H,7-18H2,1-6H3. The summed E-state index contributed by atoms with van der Waals surface area (Å²) in [5.41, 5.74) is 7.95. The largest absolute Gasteiger partial charge is 0.461 e. The molecule has 2 heteroatoms. The predicted octanol–water partition coefficient (Wildman–Crippen LogP) is 7.57. The number of aryl methyl sites for hydroxylation is 2. The van der Waals surface area contributed by atoms with E-state index in [-0.39, 0.29) is 5.60 Å². The fourth-order valence-electron chi connectivity index (χ4n) is 4.57. The fraction of sp³-hybridized carbons (Fsp3) is 0.741. The number of carbonyl (C=O) groups excluding carboxylic acids is 1. The Labute approximate surface area is 179 Å². The molecule has 0 spiro atoms. The van der Waals surface area contributed by atoms with Crippen molar-refractivity contribution in [2.45, 2.75) is 124 Å². The van der Waals surface area contributed by atoms with E-state index in [4.69, 9.17) is 4.74 Å². The van der Waals surface area contributed by atoms with E-state index in [0.717, 1.165) is 32.1 Å². The highest BCUT2D eigenvalue weighted by atomic mass is 16.5. The van der Waals surface area contributed by atoms with E-state index >= 15 is 0 Å². The first-order chi connectivity index (χ1) is 13.7. The number of hydrogen-bond donors (Lipinski definition) is 0. The molecule has 29 heavy (non-hydrogen) atoms. The molecule has 1 aliphatic carbocycles. The molecule has 0 aromatic heterocycles. The third-order valence-electron chi connectivity index (χ3n) is 6.91. The summed E-state index contributed by atoms with van der Waals surface area (Å²) >= 11 is 0. The molecule has 0 unspecified atom stereocenters. The molecule has 2 rings (SSSR count). The van der Waals surface area contributed by atoms with Gasteiger partial charge in [0.25, 0.3) is 6.47 Å². The quantitative estimate of drug-likeness (QED) is 0.252. The van der Waals surface area contributed by atoms with E-state index in [1.54, 1.807) is 5.56 Å². The minimum atomic E-state index is -0.0991. The van der Waals surface area contributed by atoms with Crippen molar-refractivity contribution in [2.75, 3.05) is 0 Å². The molecule has 0 aliphatic heterocycles. The van der Waals surface area contributed by atoms with Crippen molar-refractivity contribution in [3.63, 3.8) is 0 Å². The van der Waals surface area contributed by atoms with Gasteiger partial charge in [0.05, 0.1) is 0 Å². The second-order valence-electron chi connectivity index (χ2n) is 10.7. The molecular weight excluding hydrogens is 356 g/mol. The van der Waals surface area contributed by atoms with Gasteiger partial charge in [-0.15, -0.1) is 0 Å². The van der Waals surface area contributed by atoms with Gasteiger partial charge in [0.15, 0.2) is 0 Å². The Hall–Kier alpha value is -1.31. The SMILES string of the molecule is Cc1cc(CCCCC2(OC=O)CC2)c(C)c(CCCCCCC(C)(C)C)c1C. The number of benzene rings is 1. The van der Waals surface area contributed by atoms with Gasteiger partial charge >= 0.3 is 0 Å². The van der Waals surface area contributed by atoms with Crippen LogP contribution in [-0.2, 0) is 22.4 Å². The summed E-state index contributed by atoms with van der Waals surface area (Å²) in [5.74, 6) is 0. The zero-order chi connectivity index (χ0) is 21.5. The summed E-state index contributed by atoms with van der Waals surface area (Å²) in [6.45, 7) is 14.6. The second-order valence-corrected chi connectivity index (χ2v) is 10.7. The molecule has 0 radical (unpaired) electrons. The van der Waals surface area contributed by atoms with Crippen molar-refractivity contribution in [1.82, 2.24) is 0 Å².